The highest BCUT2D eigenvalue weighted by molar-refractivity contribution is 9.10. The first-order chi connectivity index (χ1) is 13.7. The summed E-state index contributed by atoms with van der Waals surface area (Å²) < 4.78 is 56.6. The van der Waals surface area contributed by atoms with Gasteiger partial charge in [0.25, 0.3) is 0 Å². The molecule has 0 spiro atoms. The number of esters is 1. The quantitative estimate of drug-likeness (QED) is 0.554. The number of hydrogen-bond acceptors (Lipinski definition) is 4. The van der Waals surface area contributed by atoms with E-state index in [4.69, 9.17) is 14.2 Å². The number of hydrogen-bond donors (Lipinski definition) is 0. The summed E-state index contributed by atoms with van der Waals surface area (Å²) in [6, 6.07) is 10.5. The molecular formula is C21H18BrF3O4. The van der Waals surface area contributed by atoms with Crippen LogP contribution in [0.5, 0.6) is 11.5 Å². The molecule has 1 atom stereocenters. The van der Waals surface area contributed by atoms with Crippen LogP contribution in [0.15, 0.2) is 46.4 Å². The minimum atomic E-state index is -4.75. The van der Waals surface area contributed by atoms with Crippen LogP contribution in [-0.2, 0) is 16.0 Å². The number of methoxy groups -OCH3 is 1. The second-order valence-corrected chi connectivity index (χ2v) is 7.28. The van der Waals surface area contributed by atoms with E-state index in [0.717, 1.165) is 15.6 Å². The van der Waals surface area contributed by atoms with Gasteiger partial charge in [-0.2, -0.15) is 13.2 Å². The molecule has 3 rings (SSSR count). The molecule has 0 saturated heterocycles. The van der Waals surface area contributed by atoms with Crippen molar-refractivity contribution in [3.05, 3.63) is 63.1 Å². The molecule has 154 valence electrons. The molecule has 0 radical (unpaired) electrons. The molecule has 1 heterocycles. The molecule has 0 aromatic heterocycles. The normalized spacial score (nSPS) is 15.8. The summed E-state index contributed by atoms with van der Waals surface area (Å²) in [6.07, 6.45) is -5.51. The Hall–Kier alpha value is -2.48. The van der Waals surface area contributed by atoms with E-state index < -0.39 is 23.8 Å². The Morgan fingerprint density at radius 2 is 1.97 bits per heavy atom. The van der Waals surface area contributed by atoms with Gasteiger partial charge in [0.2, 0.25) is 6.10 Å². The largest absolute Gasteiger partial charge is 0.496 e. The zero-order chi connectivity index (χ0) is 21.2. The van der Waals surface area contributed by atoms with Gasteiger partial charge < -0.3 is 14.2 Å². The summed E-state index contributed by atoms with van der Waals surface area (Å²) in [5.74, 6) is -0.306. The Kier molecular flexibility index (Phi) is 6.21. The number of carbonyl (C=O) groups excluding carboxylic acids is 1. The minimum Gasteiger partial charge on any atom is -0.496 e. The second kappa shape index (κ2) is 8.49. The van der Waals surface area contributed by atoms with Crippen LogP contribution in [0.4, 0.5) is 13.2 Å². The predicted molar refractivity (Wildman–Crippen MR) is 105 cm³/mol. The summed E-state index contributed by atoms with van der Waals surface area (Å²) >= 11 is 3.40. The summed E-state index contributed by atoms with van der Waals surface area (Å²) in [7, 11) is 1.55. The average molecular weight is 471 g/mol. The molecule has 4 nitrogen and oxygen atoms in total. The SMILES string of the molecule is CCOC(=O)C1=Cc2ccc(Cc3cc(Br)ccc3OC)cc2OC1C(F)(F)F. The number of carbonyl (C=O) groups is 1. The molecule has 2 aromatic carbocycles. The van der Waals surface area contributed by atoms with Crippen molar-refractivity contribution in [2.24, 2.45) is 0 Å². The molecule has 1 aliphatic rings. The third-order valence-corrected chi connectivity index (χ3v) is 4.85. The molecule has 29 heavy (non-hydrogen) atoms. The van der Waals surface area contributed by atoms with E-state index in [1.807, 2.05) is 18.2 Å². The molecule has 8 heteroatoms. The molecule has 0 fully saturated rings. The highest BCUT2D eigenvalue weighted by Crippen LogP contribution is 2.38. The predicted octanol–water partition coefficient (Wildman–Crippen LogP) is 5.32. The van der Waals surface area contributed by atoms with E-state index >= 15 is 0 Å². The van der Waals surface area contributed by atoms with Gasteiger partial charge in [-0.3, -0.25) is 0 Å². The van der Waals surface area contributed by atoms with Crippen LogP contribution in [0.3, 0.4) is 0 Å². The van der Waals surface area contributed by atoms with Gasteiger partial charge in [0, 0.05) is 16.5 Å². The highest BCUT2D eigenvalue weighted by Gasteiger charge is 2.48. The number of fused-ring (bicyclic) bond motifs is 1. The lowest BCUT2D eigenvalue weighted by Crippen LogP contribution is -2.40. The fourth-order valence-corrected chi connectivity index (χ4v) is 3.48. The Balaban J connectivity index is 1.96. The van der Waals surface area contributed by atoms with Gasteiger partial charge in [-0.05, 0) is 48.4 Å². The molecule has 0 saturated carbocycles. The third-order valence-electron chi connectivity index (χ3n) is 4.36. The maximum Gasteiger partial charge on any atom is 0.430 e. The van der Waals surface area contributed by atoms with Crippen molar-refractivity contribution in [2.75, 3.05) is 13.7 Å². The van der Waals surface area contributed by atoms with Crippen LogP contribution in [-0.4, -0.2) is 32.0 Å². The fourth-order valence-electron chi connectivity index (χ4n) is 3.07. The maximum atomic E-state index is 13.5. The lowest BCUT2D eigenvalue weighted by atomic mass is 9.97. The Morgan fingerprint density at radius 3 is 2.62 bits per heavy atom. The number of benzene rings is 2. The van der Waals surface area contributed by atoms with E-state index in [1.54, 1.807) is 25.3 Å². The standard InChI is InChI=1S/C21H18BrF3O4/c1-3-28-20(26)16-11-13-5-4-12(9-18(13)29-19(16)21(23,24)25)8-14-10-15(22)6-7-17(14)27-2/h4-7,9-11,19H,3,8H2,1-2H3. The van der Waals surface area contributed by atoms with Crippen LogP contribution in [0, 0.1) is 0 Å². The first kappa shape index (κ1) is 21.2. The zero-order valence-corrected chi connectivity index (χ0v) is 17.3. The summed E-state index contributed by atoms with van der Waals surface area (Å²) in [5.41, 5.74) is 1.44. The second-order valence-electron chi connectivity index (χ2n) is 6.36. The summed E-state index contributed by atoms with van der Waals surface area (Å²) in [6.45, 7) is 1.50. The first-order valence-corrected chi connectivity index (χ1v) is 9.59. The average Bonchev–Trinajstić information content (AvgIpc) is 2.66. The van der Waals surface area contributed by atoms with Gasteiger partial charge in [0.1, 0.15) is 11.5 Å². The number of ether oxygens (including phenoxy) is 3. The van der Waals surface area contributed by atoms with Gasteiger partial charge in [-0.1, -0.05) is 28.1 Å². The van der Waals surface area contributed by atoms with E-state index in [0.29, 0.717) is 17.7 Å². The first-order valence-electron chi connectivity index (χ1n) is 8.80. The van der Waals surface area contributed by atoms with Gasteiger partial charge in [0.15, 0.2) is 0 Å². The number of alkyl halides is 3. The summed E-state index contributed by atoms with van der Waals surface area (Å²) in [4.78, 5) is 12.0. The van der Waals surface area contributed by atoms with Crippen molar-refractivity contribution >= 4 is 28.0 Å². The number of rotatable bonds is 5. The van der Waals surface area contributed by atoms with Crippen molar-refractivity contribution < 1.29 is 32.2 Å². The van der Waals surface area contributed by atoms with Crippen LogP contribution in [0.1, 0.15) is 23.6 Å². The van der Waals surface area contributed by atoms with Crippen molar-refractivity contribution in [2.45, 2.75) is 25.6 Å². The summed E-state index contributed by atoms with van der Waals surface area (Å²) in [5, 5.41) is 0. The third kappa shape index (κ3) is 4.75. The lowest BCUT2D eigenvalue weighted by molar-refractivity contribution is -0.187. The zero-order valence-electron chi connectivity index (χ0n) is 15.7. The maximum absolute atomic E-state index is 13.5. The molecular weight excluding hydrogens is 453 g/mol. The Labute approximate surface area is 174 Å². The molecule has 2 aromatic rings. The monoisotopic (exact) mass is 470 g/mol. The molecule has 0 N–H and O–H groups in total. The van der Waals surface area contributed by atoms with E-state index in [9.17, 15) is 18.0 Å². The van der Waals surface area contributed by atoms with Crippen molar-refractivity contribution in [3.63, 3.8) is 0 Å². The van der Waals surface area contributed by atoms with Gasteiger partial charge >= 0.3 is 12.1 Å². The molecule has 1 unspecified atom stereocenters. The molecule has 0 amide bonds. The van der Waals surface area contributed by atoms with Crippen molar-refractivity contribution in [1.29, 1.82) is 0 Å². The van der Waals surface area contributed by atoms with Gasteiger partial charge in [0.05, 0.1) is 19.3 Å². The van der Waals surface area contributed by atoms with E-state index in [2.05, 4.69) is 15.9 Å². The Morgan fingerprint density at radius 1 is 1.21 bits per heavy atom. The van der Waals surface area contributed by atoms with E-state index in [-0.39, 0.29) is 12.4 Å². The topological polar surface area (TPSA) is 44.8 Å². The Bertz CT molecular complexity index is 953. The molecule has 1 aliphatic heterocycles. The fraction of sp³-hybridized carbons (Fsp3) is 0.286. The smallest absolute Gasteiger partial charge is 0.430 e. The highest BCUT2D eigenvalue weighted by atomic mass is 79.9. The van der Waals surface area contributed by atoms with Crippen molar-refractivity contribution in [1.82, 2.24) is 0 Å². The van der Waals surface area contributed by atoms with Crippen LogP contribution in [0.25, 0.3) is 6.08 Å². The van der Waals surface area contributed by atoms with Crippen LogP contribution in [0.2, 0.25) is 0 Å². The number of halogens is 4. The molecule has 0 bridgehead atoms. The van der Waals surface area contributed by atoms with E-state index in [1.165, 1.54) is 13.0 Å². The van der Waals surface area contributed by atoms with Gasteiger partial charge in [-0.25, -0.2) is 4.79 Å². The van der Waals surface area contributed by atoms with Gasteiger partial charge in [-0.15, -0.1) is 0 Å². The van der Waals surface area contributed by atoms with Crippen LogP contribution >= 0.6 is 15.9 Å². The molecule has 0 aliphatic carbocycles. The van der Waals surface area contributed by atoms with Crippen LogP contribution < -0.4 is 9.47 Å². The van der Waals surface area contributed by atoms with Crippen molar-refractivity contribution in [3.8, 4) is 11.5 Å². The lowest BCUT2D eigenvalue weighted by Gasteiger charge is -2.28. The minimum absolute atomic E-state index is 0.0268.